The van der Waals surface area contributed by atoms with E-state index in [0.29, 0.717) is 12.0 Å². The van der Waals surface area contributed by atoms with Crippen LogP contribution in [0.15, 0.2) is 0 Å². The van der Waals surface area contributed by atoms with Crippen LogP contribution in [0.4, 0.5) is 0 Å². The van der Waals surface area contributed by atoms with Gasteiger partial charge in [0.15, 0.2) is 0 Å². The lowest BCUT2D eigenvalue weighted by molar-refractivity contribution is 0.136. The fourth-order valence-corrected chi connectivity index (χ4v) is 2.88. The SMILES string of the molecule is CCCCN(CCO)CC1CC(C)CCC1N. The van der Waals surface area contributed by atoms with E-state index in [2.05, 4.69) is 18.7 Å². The summed E-state index contributed by atoms with van der Waals surface area (Å²) >= 11 is 0. The van der Waals surface area contributed by atoms with Gasteiger partial charge in [0.05, 0.1) is 6.61 Å². The van der Waals surface area contributed by atoms with Crippen molar-refractivity contribution in [1.82, 2.24) is 4.90 Å². The molecule has 17 heavy (non-hydrogen) atoms. The molecule has 1 aliphatic rings. The molecule has 102 valence electrons. The first kappa shape index (κ1) is 14.9. The molecule has 0 heterocycles. The summed E-state index contributed by atoms with van der Waals surface area (Å²) in [7, 11) is 0. The van der Waals surface area contributed by atoms with E-state index in [1.54, 1.807) is 0 Å². The first-order chi connectivity index (χ1) is 8.17. The molecular formula is C14H30N2O. The summed E-state index contributed by atoms with van der Waals surface area (Å²) in [4.78, 5) is 2.39. The first-order valence-corrected chi connectivity index (χ1v) is 7.26. The largest absolute Gasteiger partial charge is 0.395 e. The Hall–Kier alpha value is -0.120. The van der Waals surface area contributed by atoms with Gasteiger partial charge >= 0.3 is 0 Å². The molecule has 0 spiro atoms. The van der Waals surface area contributed by atoms with Gasteiger partial charge in [-0.2, -0.15) is 0 Å². The molecule has 3 N–H and O–H groups in total. The van der Waals surface area contributed by atoms with Crippen molar-refractivity contribution < 1.29 is 5.11 Å². The molecule has 1 saturated carbocycles. The Kier molecular flexibility index (Phi) is 7.09. The lowest BCUT2D eigenvalue weighted by Gasteiger charge is -2.36. The van der Waals surface area contributed by atoms with Gasteiger partial charge in [-0.1, -0.05) is 20.3 Å². The monoisotopic (exact) mass is 242 g/mol. The molecule has 0 aromatic carbocycles. The van der Waals surface area contributed by atoms with E-state index in [1.807, 2.05) is 0 Å². The van der Waals surface area contributed by atoms with Crippen LogP contribution in [-0.4, -0.2) is 42.3 Å². The standard InChI is InChI=1S/C14H30N2O/c1-3-4-7-16(8-9-17)11-13-10-12(2)5-6-14(13)15/h12-14,17H,3-11,15H2,1-2H3. The Labute approximate surface area is 106 Å². The number of unbranched alkanes of at least 4 members (excludes halogenated alkanes) is 1. The second-order valence-electron chi connectivity index (χ2n) is 5.72. The molecule has 1 rings (SSSR count). The summed E-state index contributed by atoms with van der Waals surface area (Å²) in [5, 5.41) is 9.11. The van der Waals surface area contributed by atoms with Gasteiger partial charge in [0.25, 0.3) is 0 Å². The summed E-state index contributed by atoms with van der Waals surface area (Å²) in [5.74, 6) is 1.45. The van der Waals surface area contributed by atoms with Crippen molar-refractivity contribution in [3.05, 3.63) is 0 Å². The summed E-state index contributed by atoms with van der Waals surface area (Å²) in [6.45, 7) is 7.80. The van der Waals surface area contributed by atoms with Gasteiger partial charge in [0, 0.05) is 19.1 Å². The van der Waals surface area contributed by atoms with Crippen LogP contribution in [0.25, 0.3) is 0 Å². The summed E-state index contributed by atoms with van der Waals surface area (Å²) in [6.07, 6.45) is 6.15. The van der Waals surface area contributed by atoms with Gasteiger partial charge < -0.3 is 15.7 Å². The van der Waals surface area contributed by atoms with Gasteiger partial charge in [-0.25, -0.2) is 0 Å². The number of hydrogen-bond donors (Lipinski definition) is 2. The fraction of sp³-hybridized carbons (Fsp3) is 1.00. The van der Waals surface area contributed by atoms with E-state index in [-0.39, 0.29) is 6.61 Å². The molecule has 0 radical (unpaired) electrons. The average Bonchev–Trinajstić information content (AvgIpc) is 2.31. The first-order valence-electron chi connectivity index (χ1n) is 7.26. The number of nitrogens with two attached hydrogens (primary N) is 1. The van der Waals surface area contributed by atoms with E-state index >= 15 is 0 Å². The van der Waals surface area contributed by atoms with Crippen LogP contribution in [0.5, 0.6) is 0 Å². The quantitative estimate of drug-likeness (QED) is 0.716. The Morgan fingerprint density at radius 3 is 2.71 bits per heavy atom. The lowest BCUT2D eigenvalue weighted by Crippen LogP contribution is -2.43. The highest BCUT2D eigenvalue weighted by Gasteiger charge is 2.27. The second kappa shape index (κ2) is 8.06. The number of nitrogens with zero attached hydrogens (tertiary/aromatic N) is 1. The number of hydrogen-bond acceptors (Lipinski definition) is 3. The van der Waals surface area contributed by atoms with Gasteiger partial charge in [-0.3, -0.25) is 0 Å². The molecule has 1 fully saturated rings. The van der Waals surface area contributed by atoms with Crippen molar-refractivity contribution in [2.24, 2.45) is 17.6 Å². The van der Waals surface area contributed by atoms with E-state index in [1.165, 1.54) is 32.1 Å². The molecule has 3 heteroatoms. The minimum Gasteiger partial charge on any atom is -0.395 e. The zero-order valence-corrected chi connectivity index (χ0v) is 11.6. The van der Waals surface area contributed by atoms with Crippen molar-refractivity contribution in [2.75, 3.05) is 26.2 Å². The van der Waals surface area contributed by atoms with E-state index in [9.17, 15) is 0 Å². The molecule has 0 amide bonds. The van der Waals surface area contributed by atoms with Crippen LogP contribution in [0, 0.1) is 11.8 Å². The van der Waals surface area contributed by atoms with Crippen molar-refractivity contribution in [3.63, 3.8) is 0 Å². The average molecular weight is 242 g/mol. The van der Waals surface area contributed by atoms with Crippen LogP contribution in [-0.2, 0) is 0 Å². The normalized spacial score (nSPS) is 29.8. The molecule has 3 atom stereocenters. The molecule has 3 unspecified atom stereocenters. The van der Waals surface area contributed by atoms with Gasteiger partial charge in [-0.15, -0.1) is 0 Å². The summed E-state index contributed by atoms with van der Waals surface area (Å²) in [6, 6.07) is 0.369. The van der Waals surface area contributed by atoms with Gasteiger partial charge in [0.1, 0.15) is 0 Å². The highest BCUT2D eigenvalue weighted by atomic mass is 16.3. The topological polar surface area (TPSA) is 49.5 Å². The van der Waals surface area contributed by atoms with Crippen molar-refractivity contribution in [3.8, 4) is 0 Å². The number of aliphatic hydroxyl groups excluding tert-OH is 1. The predicted molar refractivity (Wildman–Crippen MR) is 72.9 cm³/mol. The van der Waals surface area contributed by atoms with Crippen molar-refractivity contribution in [2.45, 2.75) is 52.0 Å². The zero-order chi connectivity index (χ0) is 12.7. The van der Waals surface area contributed by atoms with Gasteiger partial charge in [0.2, 0.25) is 0 Å². The van der Waals surface area contributed by atoms with Crippen LogP contribution in [0.1, 0.15) is 46.0 Å². The molecule has 0 aliphatic heterocycles. The third-order valence-corrected chi connectivity index (χ3v) is 4.04. The summed E-state index contributed by atoms with van der Waals surface area (Å²) in [5.41, 5.74) is 6.23. The lowest BCUT2D eigenvalue weighted by atomic mass is 9.79. The molecule has 0 bridgehead atoms. The summed E-state index contributed by atoms with van der Waals surface area (Å²) < 4.78 is 0. The van der Waals surface area contributed by atoms with Crippen LogP contribution >= 0.6 is 0 Å². The molecular weight excluding hydrogens is 212 g/mol. The van der Waals surface area contributed by atoms with Crippen molar-refractivity contribution in [1.29, 1.82) is 0 Å². The van der Waals surface area contributed by atoms with Crippen molar-refractivity contribution >= 4 is 0 Å². The molecule has 0 aromatic rings. The van der Waals surface area contributed by atoms with Crippen LogP contribution in [0.3, 0.4) is 0 Å². The highest BCUT2D eigenvalue weighted by molar-refractivity contribution is 4.83. The second-order valence-corrected chi connectivity index (χ2v) is 5.72. The smallest absolute Gasteiger partial charge is 0.0558 e. The third kappa shape index (κ3) is 5.36. The minimum atomic E-state index is 0.265. The van der Waals surface area contributed by atoms with E-state index in [4.69, 9.17) is 10.8 Å². The maximum atomic E-state index is 9.11. The van der Waals surface area contributed by atoms with Gasteiger partial charge in [-0.05, 0) is 44.1 Å². The zero-order valence-electron chi connectivity index (χ0n) is 11.6. The Morgan fingerprint density at radius 1 is 1.29 bits per heavy atom. The number of aliphatic hydroxyl groups is 1. The fourth-order valence-electron chi connectivity index (χ4n) is 2.88. The van der Waals surface area contributed by atoms with E-state index in [0.717, 1.165) is 25.6 Å². The maximum absolute atomic E-state index is 9.11. The number of rotatable bonds is 7. The van der Waals surface area contributed by atoms with Crippen LogP contribution in [0.2, 0.25) is 0 Å². The third-order valence-electron chi connectivity index (χ3n) is 4.04. The molecule has 0 aromatic heterocycles. The highest BCUT2D eigenvalue weighted by Crippen LogP contribution is 2.28. The Bertz CT molecular complexity index is 199. The van der Waals surface area contributed by atoms with E-state index < -0.39 is 0 Å². The Balaban J connectivity index is 2.40. The predicted octanol–water partition coefficient (Wildman–Crippen LogP) is 1.84. The molecule has 0 saturated heterocycles. The minimum absolute atomic E-state index is 0.265. The maximum Gasteiger partial charge on any atom is 0.0558 e. The Morgan fingerprint density at radius 2 is 2.06 bits per heavy atom. The molecule has 1 aliphatic carbocycles. The molecule has 3 nitrogen and oxygen atoms in total. The van der Waals surface area contributed by atoms with Crippen LogP contribution < -0.4 is 5.73 Å².